The van der Waals surface area contributed by atoms with E-state index >= 15 is 0 Å². The van der Waals surface area contributed by atoms with Gasteiger partial charge in [-0.15, -0.1) is 0 Å². The van der Waals surface area contributed by atoms with Crippen molar-refractivity contribution < 1.29 is 89.4 Å². The zero-order valence-electron chi connectivity index (χ0n) is 58.1. The van der Waals surface area contributed by atoms with E-state index in [0.29, 0.717) is 12.8 Å². The number of amides is 1. The molecule has 3 fully saturated rings. The summed E-state index contributed by atoms with van der Waals surface area (Å²) in [5.41, 5.74) is 0. The second kappa shape index (κ2) is 55.6. The van der Waals surface area contributed by atoms with Crippen molar-refractivity contribution in [1.29, 1.82) is 0 Å². The van der Waals surface area contributed by atoms with Gasteiger partial charge in [-0.3, -0.25) is 4.79 Å². The molecule has 0 saturated carbocycles. The SMILES string of the molecule is CCCCCCCCCCCCCCCCCCCCCCCCCCCCCCCCC(=O)NC(COC1OC(CO)C(OC2OC(CO)C(OC3OC(CO)C(O)C(O)C3O)C(O)C2O)C(O)C1O)C(O)CCCCCCCCCCCCCCCCCCC. The van der Waals surface area contributed by atoms with Gasteiger partial charge in [-0.05, 0) is 12.8 Å². The maximum absolute atomic E-state index is 13.5. The largest absolute Gasteiger partial charge is 0.394 e. The van der Waals surface area contributed by atoms with Gasteiger partial charge in [0.15, 0.2) is 18.9 Å². The second-order valence-electron chi connectivity index (χ2n) is 27.8. The number of aliphatic hydroxyl groups is 11. The third-order valence-electron chi connectivity index (χ3n) is 19.7. The van der Waals surface area contributed by atoms with E-state index < -0.39 is 124 Å². The third-order valence-corrected chi connectivity index (χ3v) is 19.7. The Morgan fingerprint density at radius 2 is 0.620 bits per heavy atom. The van der Waals surface area contributed by atoms with E-state index in [1.54, 1.807) is 0 Å². The van der Waals surface area contributed by atoms with E-state index in [9.17, 15) is 61.0 Å². The highest BCUT2D eigenvalue weighted by atomic mass is 16.8. The third kappa shape index (κ3) is 36.6. The molecule has 0 aromatic rings. The van der Waals surface area contributed by atoms with Gasteiger partial charge < -0.3 is 89.9 Å². The number of unbranched alkanes of at least 4 members (excludes halogenated alkanes) is 45. The van der Waals surface area contributed by atoms with Gasteiger partial charge in [-0.1, -0.05) is 309 Å². The zero-order chi connectivity index (χ0) is 66.8. The fourth-order valence-electron chi connectivity index (χ4n) is 13.5. The van der Waals surface area contributed by atoms with Crippen molar-refractivity contribution in [3.05, 3.63) is 0 Å². The summed E-state index contributed by atoms with van der Waals surface area (Å²) in [4.78, 5) is 13.5. The average molecular weight is 1320 g/mol. The van der Waals surface area contributed by atoms with E-state index in [0.717, 1.165) is 44.9 Å². The number of carbonyl (C=O) groups is 1. The number of aliphatic hydroxyl groups excluding tert-OH is 11. The predicted octanol–water partition coefficient (Wildman–Crippen LogP) is 11.5. The summed E-state index contributed by atoms with van der Waals surface area (Å²) in [6.45, 7) is 1.86. The van der Waals surface area contributed by atoms with Crippen LogP contribution in [-0.2, 0) is 33.2 Å². The number of hydrogen-bond donors (Lipinski definition) is 12. The molecule has 0 spiro atoms. The van der Waals surface area contributed by atoms with E-state index in [-0.39, 0.29) is 18.9 Å². The summed E-state index contributed by atoms with van der Waals surface area (Å²) < 4.78 is 34.5. The molecular formula is C73H141NO18. The van der Waals surface area contributed by atoms with Crippen molar-refractivity contribution in [2.45, 2.75) is 433 Å². The molecule has 0 aliphatic carbocycles. The first kappa shape index (κ1) is 85.0. The normalized spacial score (nSPS) is 27.6. The lowest BCUT2D eigenvalue weighted by Gasteiger charge is -2.48. The lowest BCUT2D eigenvalue weighted by molar-refractivity contribution is -0.379. The molecule has 1 amide bonds. The smallest absolute Gasteiger partial charge is 0.220 e. The molecule has 92 heavy (non-hydrogen) atoms. The van der Waals surface area contributed by atoms with E-state index in [1.165, 1.54) is 250 Å². The van der Waals surface area contributed by atoms with E-state index in [1.807, 2.05) is 0 Å². The minimum Gasteiger partial charge on any atom is -0.394 e. The molecule has 0 bridgehead atoms. The minimum absolute atomic E-state index is 0.234. The molecule has 3 aliphatic rings. The average Bonchev–Trinajstić information content (AvgIpc) is 0.857. The van der Waals surface area contributed by atoms with Gasteiger partial charge in [0.05, 0.1) is 38.6 Å². The molecule has 19 heteroatoms. The standard InChI is InChI=1S/C73H141NO18/c1-3-5-7-9-11-13-15-17-19-21-22-23-24-25-26-27-28-29-30-31-32-33-35-37-39-41-43-45-47-49-51-61(79)74-56(57(78)50-48-46-44-42-40-38-36-34-20-18-16-14-12-10-8-6-4-2)55-87-71-67(85)64(82)69(59(53-76)89-71)92-73-68(86)65(83)70(60(54-77)90-73)91-72-66(84)63(81)62(80)58(52-75)88-72/h56-60,62-73,75-78,80-86H,3-55H2,1-2H3,(H,74,79). The Labute approximate surface area is 557 Å². The molecule has 0 aromatic heterocycles. The van der Waals surface area contributed by atoms with Crippen LogP contribution in [0.3, 0.4) is 0 Å². The Kier molecular flexibility index (Phi) is 51.4. The van der Waals surface area contributed by atoms with Gasteiger partial charge in [0.2, 0.25) is 5.91 Å². The fraction of sp³-hybridized carbons (Fsp3) is 0.986. The number of ether oxygens (including phenoxy) is 6. The molecule has 17 atom stereocenters. The highest BCUT2D eigenvalue weighted by Crippen LogP contribution is 2.33. The van der Waals surface area contributed by atoms with Gasteiger partial charge in [0.1, 0.15) is 73.2 Å². The van der Waals surface area contributed by atoms with Crippen LogP contribution >= 0.6 is 0 Å². The number of hydrogen-bond acceptors (Lipinski definition) is 18. The van der Waals surface area contributed by atoms with Gasteiger partial charge in [-0.25, -0.2) is 0 Å². The Morgan fingerprint density at radius 3 is 0.946 bits per heavy atom. The summed E-state index contributed by atoms with van der Waals surface area (Å²) >= 11 is 0. The van der Waals surface area contributed by atoms with Gasteiger partial charge in [-0.2, -0.15) is 0 Å². The highest BCUT2D eigenvalue weighted by Gasteiger charge is 2.53. The lowest BCUT2D eigenvalue weighted by Crippen LogP contribution is -2.66. The van der Waals surface area contributed by atoms with Crippen molar-refractivity contribution >= 4 is 5.91 Å². The monoisotopic (exact) mass is 1320 g/mol. The number of rotatable bonds is 61. The number of nitrogens with one attached hydrogen (secondary N) is 1. The van der Waals surface area contributed by atoms with E-state index in [2.05, 4.69) is 19.2 Å². The summed E-state index contributed by atoms with van der Waals surface area (Å²) in [6, 6.07) is -0.882. The topological polar surface area (TPSA) is 307 Å². The Balaban J connectivity index is 1.36. The Bertz CT molecular complexity index is 1670. The lowest BCUT2D eigenvalue weighted by atomic mass is 9.96. The number of carbonyl (C=O) groups excluding carboxylic acids is 1. The quantitative estimate of drug-likeness (QED) is 0.0252. The van der Waals surface area contributed by atoms with Gasteiger partial charge in [0, 0.05) is 6.42 Å². The van der Waals surface area contributed by atoms with Crippen molar-refractivity contribution in [3.63, 3.8) is 0 Å². The minimum atomic E-state index is -1.97. The molecule has 3 saturated heterocycles. The second-order valence-corrected chi connectivity index (χ2v) is 27.8. The molecule has 3 heterocycles. The summed E-state index contributed by atoms with van der Waals surface area (Å²) in [5.74, 6) is -0.234. The molecule has 0 aromatic carbocycles. The fourth-order valence-corrected chi connectivity index (χ4v) is 13.5. The van der Waals surface area contributed by atoms with Crippen LogP contribution in [0.5, 0.6) is 0 Å². The van der Waals surface area contributed by atoms with Crippen molar-refractivity contribution in [2.24, 2.45) is 0 Å². The maximum atomic E-state index is 13.5. The van der Waals surface area contributed by atoms with E-state index in [4.69, 9.17) is 28.4 Å². The van der Waals surface area contributed by atoms with Crippen LogP contribution in [0, 0.1) is 0 Å². The Morgan fingerprint density at radius 1 is 0.348 bits per heavy atom. The highest BCUT2D eigenvalue weighted by molar-refractivity contribution is 5.76. The van der Waals surface area contributed by atoms with Crippen molar-refractivity contribution in [1.82, 2.24) is 5.32 Å². The first-order valence-corrected chi connectivity index (χ1v) is 38.3. The summed E-state index contributed by atoms with van der Waals surface area (Å²) in [7, 11) is 0. The van der Waals surface area contributed by atoms with Crippen LogP contribution in [0.15, 0.2) is 0 Å². The van der Waals surface area contributed by atoms with Crippen molar-refractivity contribution in [2.75, 3.05) is 26.4 Å². The van der Waals surface area contributed by atoms with Gasteiger partial charge in [0.25, 0.3) is 0 Å². The summed E-state index contributed by atoms with van der Waals surface area (Å²) in [5, 5.41) is 121. The molecule has 17 unspecified atom stereocenters. The zero-order valence-corrected chi connectivity index (χ0v) is 58.1. The Hall–Kier alpha value is -1.21. The first-order chi connectivity index (χ1) is 44.8. The van der Waals surface area contributed by atoms with Crippen LogP contribution in [0.1, 0.15) is 328 Å². The molecule has 12 N–H and O–H groups in total. The van der Waals surface area contributed by atoms with Crippen molar-refractivity contribution in [3.8, 4) is 0 Å². The summed E-state index contributed by atoms with van der Waals surface area (Å²) in [6.07, 6.45) is 34.8. The molecule has 546 valence electrons. The molecule has 3 aliphatic heterocycles. The van der Waals surface area contributed by atoms with Gasteiger partial charge >= 0.3 is 0 Å². The molecule has 3 rings (SSSR count). The van der Waals surface area contributed by atoms with Crippen LogP contribution in [0.2, 0.25) is 0 Å². The van der Waals surface area contributed by atoms with Crippen LogP contribution in [0.4, 0.5) is 0 Å². The van der Waals surface area contributed by atoms with Crippen LogP contribution in [0.25, 0.3) is 0 Å². The predicted molar refractivity (Wildman–Crippen MR) is 361 cm³/mol. The molecular weight excluding hydrogens is 1180 g/mol. The maximum Gasteiger partial charge on any atom is 0.220 e. The molecule has 19 nitrogen and oxygen atoms in total. The first-order valence-electron chi connectivity index (χ1n) is 38.3. The molecule has 0 radical (unpaired) electrons. The van der Waals surface area contributed by atoms with Crippen LogP contribution < -0.4 is 5.32 Å². The van der Waals surface area contributed by atoms with Crippen LogP contribution in [-0.4, -0.2) is 193 Å².